The molecule has 0 aliphatic carbocycles. The Kier molecular flexibility index (Phi) is 3.92. The first-order chi connectivity index (χ1) is 10.9. The van der Waals surface area contributed by atoms with E-state index in [0.717, 1.165) is 13.0 Å². The predicted octanol–water partition coefficient (Wildman–Crippen LogP) is 4.54. The topological polar surface area (TPSA) is 27.8 Å². The lowest BCUT2D eigenvalue weighted by atomic mass is 10.0. The van der Waals surface area contributed by atoms with Crippen LogP contribution in [0.3, 0.4) is 0 Å². The SMILES string of the molecule is c1ccc2c(c1)SCCC2NCCc1c[nH]c2ccccc12. The summed E-state index contributed by atoms with van der Waals surface area (Å²) < 4.78 is 0. The average Bonchev–Trinajstić information content (AvgIpc) is 2.99. The highest BCUT2D eigenvalue weighted by atomic mass is 32.2. The van der Waals surface area contributed by atoms with Crippen LogP contribution in [0.1, 0.15) is 23.6 Å². The van der Waals surface area contributed by atoms with Crippen LogP contribution in [-0.2, 0) is 6.42 Å². The Hall–Kier alpha value is -1.71. The normalized spacial score (nSPS) is 17.5. The maximum absolute atomic E-state index is 3.75. The second-order valence-electron chi connectivity index (χ2n) is 5.79. The van der Waals surface area contributed by atoms with Crippen LogP contribution in [0.15, 0.2) is 59.6 Å². The number of aromatic amines is 1. The van der Waals surface area contributed by atoms with Crippen molar-refractivity contribution in [2.24, 2.45) is 0 Å². The van der Waals surface area contributed by atoms with Crippen molar-refractivity contribution in [3.05, 3.63) is 65.9 Å². The minimum Gasteiger partial charge on any atom is -0.361 e. The molecule has 22 heavy (non-hydrogen) atoms. The Bertz CT molecular complexity index is 778. The van der Waals surface area contributed by atoms with Crippen LogP contribution in [-0.4, -0.2) is 17.3 Å². The third-order valence-corrected chi connectivity index (χ3v) is 5.54. The van der Waals surface area contributed by atoms with Crippen LogP contribution in [0.25, 0.3) is 10.9 Å². The van der Waals surface area contributed by atoms with Crippen molar-refractivity contribution >= 4 is 22.7 Å². The summed E-state index contributed by atoms with van der Waals surface area (Å²) in [5.74, 6) is 1.21. The van der Waals surface area contributed by atoms with Gasteiger partial charge in [-0.1, -0.05) is 36.4 Å². The molecular formula is C19H20N2S. The van der Waals surface area contributed by atoms with Gasteiger partial charge in [0.1, 0.15) is 0 Å². The molecule has 2 N–H and O–H groups in total. The second-order valence-corrected chi connectivity index (χ2v) is 6.93. The van der Waals surface area contributed by atoms with Crippen LogP contribution >= 0.6 is 11.8 Å². The molecule has 1 unspecified atom stereocenters. The van der Waals surface area contributed by atoms with Crippen LogP contribution in [0.5, 0.6) is 0 Å². The average molecular weight is 308 g/mol. The summed E-state index contributed by atoms with van der Waals surface area (Å²) in [6.07, 6.45) is 4.43. The Morgan fingerprint density at radius 3 is 2.95 bits per heavy atom. The maximum atomic E-state index is 3.75. The van der Waals surface area contributed by atoms with E-state index < -0.39 is 0 Å². The molecule has 2 aromatic carbocycles. The van der Waals surface area contributed by atoms with E-state index in [1.807, 2.05) is 11.8 Å². The summed E-state index contributed by atoms with van der Waals surface area (Å²) in [6, 6.07) is 17.8. The molecule has 0 amide bonds. The molecule has 4 rings (SSSR count). The molecule has 1 atom stereocenters. The van der Waals surface area contributed by atoms with E-state index in [0.29, 0.717) is 6.04 Å². The van der Waals surface area contributed by atoms with Crippen molar-refractivity contribution < 1.29 is 0 Å². The van der Waals surface area contributed by atoms with Crippen LogP contribution in [0.2, 0.25) is 0 Å². The van der Waals surface area contributed by atoms with E-state index in [2.05, 4.69) is 65.0 Å². The molecular weight excluding hydrogens is 288 g/mol. The van der Waals surface area contributed by atoms with Crippen molar-refractivity contribution in [2.75, 3.05) is 12.3 Å². The number of benzene rings is 2. The zero-order valence-electron chi connectivity index (χ0n) is 12.5. The van der Waals surface area contributed by atoms with Crippen molar-refractivity contribution in [1.29, 1.82) is 0 Å². The van der Waals surface area contributed by atoms with Gasteiger partial charge < -0.3 is 10.3 Å². The first-order valence-corrected chi connectivity index (χ1v) is 8.90. The van der Waals surface area contributed by atoms with Gasteiger partial charge in [0.25, 0.3) is 0 Å². The van der Waals surface area contributed by atoms with E-state index in [1.165, 1.54) is 39.1 Å². The van der Waals surface area contributed by atoms with E-state index in [4.69, 9.17) is 0 Å². The maximum Gasteiger partial charge on any atom is 0.0456 e. The van der Waals surface area contributed by atoms with Crippen molar-refractivity contribution in [1.82, 2.24) is 10.3 Å². The lowest BCUT2D eigenvalue weighted by Gasteiger charge is -2.26. The smallest absolute Gasteiger partial charge is 0.0456 e. The molecule has 1 aliphatic heterocycles. The van der Waals surface area contributed by atoms with Gasteiger partial charge in [0.2, 0.25) is 0 Å². The molecule has 0 fully saturated rings. The van der Waals surface area contributed by atoms with E-state index in [1.54, 1.807) is 0 Å². The third-order valence-electron chi connectivity index (χ3n) is 4.42. The number of aromatic nitrogens is 1. The van der Waals surface area contributed by atoms with E-state index in [9.17, 15) is 0 Å². The molecule has 0 saturated heterocycles. The zero-order valence-corrected chi connectivity index (χ0v) is 13.3. The molecule has 3 aromatic rings. The van der Waals surface area contributed by atoms with Crippen LogP contribution in [0.4, 0.5) is 0 Å². The monoisotopic (exact) mass is 308 g/mol. The molecule has 112 valence electrons. The van der Waals surface area contributed by atoms with Gasteiger partial charge in [0.05, 0.1) is 0 Å². The number of fused-ring (bicyclic) bond motifs is 2. The molecule has 1 aromatic heterocycles. The van der Waals surface area contributed by atoms with Gasteiger partial charge >= 0.3 is 0 Å². The van der Waals surface area contributed by atoms with Crippen LogP contribution < -0.4 is 5.32 Å². The van der Waals surface area contributed by atoms with Gasteiger partial charge in [-0.2, -0.15) is 0 Å². The molecule has 0 spiro atoms. The second kappa shape index (κ2) is 6.19. The van der Waals surface area contributed by atoms with Gasteiger partial charge in [-0.15, -0.1) is 11.8 Å². The van der Waals surface area contributed by atoms with Gasteiger partial charge in [0, 0.05) is 28.0 Å². The fraction of sp³-hybridized carbons (Fsp3) is 0.263. The van der Waals surface area contributed by atoms with Crippen molar-refractivity contribution in [2.45, 2.75) is 23.8 Å². The Morgan fingerprint density at radius 1 is 1.09 bits per heavy atom. The summed E-state index contributed by atoms with van der Waals surface area (Å²) in [5.41, 5.74) is 4.11. The summed E-state index contributed by atoms with van der Waals surface area (Å²) in [5, 5.41) is 5.10. The first kappa shape index (κ1) is 13.9. The molecule has 3 heteroatoms. The predicted molar refractivity (Wildman–Crippen MR) is 94.5 cm³/mol. The summed E-state index contributed by atoms with van der Waals surface area (Å²) in [7, 11) is 0. The minimum absolute atomic E-state index is 0.502. The number of hydrogen-bond donors (Lipinski definition) is 2. The fourth-order valence-corrected chi connectivity index (χ4v) is 4.40. The molecule has 2 heterocycles. The number of para-hydroxylation sites is 1. The van der Waals surface area contributed by atoms with Gasteiger partial charge in [-0.25, -0.2) is 0 Å². The lowest BCUT2D eigenvalue weighted by molar-refractivity contribution is 0.514. The van der Waals surface area contributed by atoms with Gasteiger partial charge in [-0.05, 0) is 48.4 Å². The minimum atomic E-state index is 0.502. The van der Waals surface area contributed by atoms with E-state index >= 15 is 0 Å². The number of hydrogen-bond acceptors (Lipinski definition) is 2. The highest BCUT2D eigenvalue weighted by Crippen LogP contribution is 2.35. The summed E-state index contributed by atoms with van der Waals surface area (Å²) in [6.45, 7) is 1.02. The fourth-order valence-electron chi connectivity index (χ4n) is 3.27. The largest absolute Gasteiger partial charge is 0.361 e. The highest BCUT2D eigenvalue weighted by molar-refractivity contribution is 7.99. The van der Waals surface area contributed by atoms with Gasteiger partial charge in [0.15, 0.2) is 0 Å². The third kappa shape index (κ3) is 2.67. The quantitative estimate of drug-likeness (QED) is 0.740. The van der Waals surface area contributed by atoms with Crippen molar-refractivity contribution in [3.8, 4) is 0 Å². The number of thioether (sulfide) groups is 1. The molecule has 0 saturated carbocycles. The first-order valence-electron chi connectivity index (χ1n) is 7.92. The zero-order chi connectivity index (χ0) is 14.8. The Balaban J connectivity index is 1.44. The summed E-state index contributed by atoms with van der Waals surface area (Å²) in [4.78, 5) is 4.80. The number of rotatable bonds is 4. The molecule has 0 radical (unpaired) electrons. The Labute approximate surface area is 135 Å². The van der Waals surface area contributed by atoms with E-state index in [-0.39, 0.29) is 0 Å². The van der Waals surface area contributed by atoms with Crippen molar-refractivity contribution in [3.63, 3.8) is 0 Å². The van der Waals surface area contributed by atoms with Gasteiger partial charge in [-0.3, -0.25) is 0 Å². The summed E-state index contributed by atoms with van der Waals surface area (Å²) >= 11 is 1.98. The molecule has 2 nitrogen and oxygen atoms in total. The lowest BCUT2D eigenvalue weighted by Crippen LogP contribution is -2.26. The standard InChI is InChI=1S/C19H20N2S/c1-3-7-17-15(5-1)14(13-21-17)9-11-20-18-10-12-22-19-8-4-2-6-16(18)19/h1-8,13,18,20-21H,9-12H2. The molecule has 0 bridgehead atoms. The number of H-pyrrole nitrogens is 1. The van der Waals surface area contributed by atoms with Crippen LogP contribution in [0, 0.1) is 0 Å². The molecule has 1 aliphatic rings. The highest BCUT2D eigenvalue weighted by Gasteiger charge is 2.19. The Morgan fingerprint density at radius 2 is 1.95 bits per heavy atom. The number of nitrogens with one attached hydrogen (secondary N) is 2.